The van der Waals surface area contributed by atoms with Gasteiger partial charge in [0.15, 0.2) is 17.8 Å². The van der Waals surface area contributed by atoms with Crippen molar-refractivity contribution >= 4 is 5.97 Å². The second-order valence-corrected chi connectivity index (χ2v) is 4.79. The number of rotatable bonds is 2. The quantitative estimate of drug-likeness (QED) is 0.815. The van der Waals surface area contributed by atoms with E-state index in [9.17, 15) is 4.79 Å². The van der Waals surface area contributed by atoms with Crippen LogP contribution in [0.25, 0.3) is 11.5 Å². The predicted octanol–water partition coefficient (Wildman–Crippen LogP) is 1.72. The van der Waals surface area contributed by atoms with Crippen molar-refractivity contribution in [2.45, 2.75) is 33.3 Å². The van der Waals surface area contributed by atoms with Crippen LogP contribution >= 0.6 is 0 Å². The summed E-state index contributed by atoms with van der Waals surface area (Å²) in [6.45, 7) is 7.10. The summed E-state index contributed by atoms with van der Waals surface area (Å²) in [4.78, 5) is 15.9. The van der Waals surface area contributed by atoms with Crippen molar-refractivity contribution in [2.24, 2.45) is 0 Å². The van der Waals surface area contributed by atoms with E-state index in [-0.39, 0.29) is 5.69 Å². The summed E-state index contributed by atoms with van der Waals surface area (Å²) in [6.07, 6.45) is 1.29. The molecule has 0 saturated heterocycles. The number of nitrogens with zero attached hydrogens (tertiary/aromatic N) is 3. The third-order valence-corrected chi connectivity index (χ3v) is 2.10. The van der Waals surface area contributed by atoms with Crippen molar-refractivity contribution in [1.29, 1.82) is 0 Å². The van der Waals surface area contributed by atoms with E-state index in [4.69, 9.17) is 9.15 Å². The number of ether oxygens (including phenoxy) is 1. The van der Waals surface area contributed by atoms with E-state index in [0.717, 1.165) is 0 Å². The Bertz CT molecular complexity index is 565. The summed E-state index contributed by atoms with van der Waals surface area (Å²) >= 11 is 0. The first kappa shape index (κ1) is 12.3. The maximum absolute atomic E-state index is 11.9. The van der Waals surface area contributed by atoms with E-state index in [1.165, 1.54) is 6.39 Å². The standard InChI is InChI=1S/C11H14N4O3/c1-6-9(17-5-12-6)7-8(14-15-13-7)10(16)18-11(2,3)4/h5H,1-4H3,(H,13,14,15). The Morgan fingerprint density at radius 3 is 2.67 bits per heavy atom. The Balaban J connectivity index is 2.34. The van der Waals surface area contributed by atoms with E-state index in [2.05, 4.69) is 20.4 Å². The highest BCUT2D eigenvalue weighted by atomic mass is 16.6. The Hall–Kier alpha value is -2.18. The molecule has 18 heavy (non-hydrogen) atoms. The number of nitrogens with one attached hydrogen (secondary N) is 1. The number of aryl methyl sites for hydroxylation is 1. The summed E-state index contributed by atoms with van der Waals surface area (Å²) in [5, 5.41) is 10.1. The van der Waals surface area contributed by atoms with Gasteiger partial charge in [-0.1, -0.05) is 0 Å². The number of esters is 1. The molecule has 1 N–H and O–H groups in total. The molecule has 0 aliphatic carbocycles. The summed E-state index contributed by atoms with van der Waals surface area (Å²) in [6, 6.07) is 0. The molecule has 2 heterocycles. The van der Waals surface area contributed by atoms with Crippen LogP contribution in [0.1, 0.15) is 37.0 Å². The van der Waals surface area contributed by atoms with Gasteiger partial charge < -0.3 is 9.15 Å². The second kappa shape index (κ2) is 4.25. The van der Waals surface area contributed by atoms with Gasteiger partial charge in [-0.3, -0.25) is 0 Å². The van der Waals surface area contributed by atoms with E-state index in [1.54, 1.807) is 27.7 Å². The van der Waals surface area contributed by atoms with Gasteiger partial charge >= 0.3 is 5.97 Å². The smallest absolute Gasteiger partial charge is 0.361 e. The third kappa shape index (κ3) is 2.39. The minimum Gasteiger partial charge on any atom is -0.455 e. The SMILES string of the molecule is Cc1ncoc1-c1n[nH]nc1C(=O)OC(C)(C)C. The van der Waals surface area contributed by atoms with Gasteiger partial charge in [0.1, 0.15) is 5.60 Å². The fraction of sp³-hybridized carbons (Fsp3) is 0.455. The zero-order chi connectivity index (χ0) is 13.3. The molecule has 0 unspecified atom stereocenters. The first-order valence-electron chi connectivity index (χ1n) is 5.43. The molecular formula is C11H14N4O3. The Labute approximate surface area is 104 Å². The van der Waals surface area contributed by atoms with E-state index >= 15 is 0 Å². The summed E-state index contributed by atoms with van der Waals surface area (Å²) in [5.74, 6) is -0.147. The van der Waals surface area contributed by atoms with Crippen LogP contribution in [0.2, 0.25) is 0 Å². The van der Waals surface area contributed by atoms with Gasteiger partial charge in [-0.05, 0) is 27.7 Å². The zero-order valence-electron chi connectivity index (χ0n) is 10.6. The van der Waals surface area contributed by atoms with Gasteiger partial charge in [0, 0.05) is 0 Å². The molecule has 2 aromatic heterocycles. The van der Waals surface area contributed by atoms with Gasteiger partial charge in [-0.25, -0.2) is 9.78 Å². The van der Waals surface area contributed by atoms with Gasteiger partial charge in [-0.2, -0.15) is 10.3 Å². The number of aromatic amines is 1. The number of aromatic nitrogens is 4. The van der Waals surface area contributed by atoms with Crippen molar-refractivity contribution < 1.29 is 13.9 Å². The maximum Gasteiger partial charge on any atom is 0.361 e. The van der Waals surface area contributed by atoms with Crippen LogP contribution in [-0.4, -0.2) is 32.0 Å². The largest absolute Gasteiger partial charge is 0.455 e. The molecule has 0 aromatic carbocycles. The number of oxazole rings is 1. The highest BCUT2D eigenvalue weighted by Crippen LogP contribution is 2.24. The van der Waals surface area contributed by atoms with Crippen LogP contribution in [-0.2, 0) is 4.74 Å². The Morgan fingerprint density at radius 1 is 1.39 bits per heavy atom. The molecule has 96 valence electrons. The maximum atomic E-state index is 11.9. The summed E-state index contributed by atoms with van der Waals surface area (Å²) in [5.41, 5.74) is 0.432. The van der Waals surface area contributed by atoms with Crippen molar-refractivity contribution in [3.63, 3.8) is 0 Å². The van der Waals surface area contributed by atoms with Gasteiger partial charge in [-0.15, -0.1) is 5.10 Å². The number of carbonyl (C=O) groups is 1. The van der Waals surface area contributed by atoms with Crippen molar-refractivity contribution in [3.05, 3.63) is 17.8 Å². The molecule has 2 aromatic rings. The first-order chi connectivity index (χ1) is 8.38. The number of H-pyrrole nitrogens is 1. The summed E-state index contributed by atoms with van der Waals surface area (Å²) < 4.78 is 10.4. The first-order valence-corrected chi connectivity index (χ1v) is 5.43. The molecule has 0 atom stereocenters. The lowest BCUT2D eigenvalue weighted by atomic mass is 10.2. The number of hydrogen-bond donors (Lipinski definition) is 1. The summed E-state index contributed by atoms with van der Waals surface area (Å²) in [7, 11) is 0. The normalized spacial score (nSPS) is 11.6. The van der Waals surface area contributed by atoms with Crippen LogP contribution in [0.15, 0.2) is 10.8 Å². The van der Waals surface area contributed by atoms with Crippen LogP contribution in [0.5, 0.6) is 0 Å². The molecule has 0 aliphatic heterocycles. The van der Waals surface area contributed by atoms with Gasteiger partial charge in [0.2, 0.25) is 5.69 Å². The molecule has 7 nitrogen and oxygen atoms in total. The average molecular weight is 250 g/mol. The average Bonchev–Trinajstić information content (AvgIpc) is 2.82. The molecule has 2 rings (SSSR count). The van der Waals surface area contributed by atoms with Crippen molar-refractivity contribution in [2.75, 3.05) is 0 Å². The minimum atomic E-state index is -0.593. The highest BCUT2D eigenvalue weighted by Gasteiger charge is 2.26. The molecule has 0 bridgehead atoms. The topological polar surface area (TPSA) is 93.9 Å². The second-order valence-electron chi connectivity index (χ2n) is 4.79. The van der Waals surface area contributed by atoms with E-state index in [1.807, 2.05) is 0 Å². The number of hydrogen-bond acceptors (Lipinski definition) is 6. The lowest BCUT2D eigenvalue weighted by Gasteiger charge is -2.18. The molecule has 0 fully saturated rings. The highest BCUT2D eigenvalue weighted by molar-refractivity contribution is 5.93. The van der Waals surface area contributed by atoms with Gasteiger partial charge in [0.25, 0.3) is 0 Å². The van der Waals surface area contributed by atoms with Gasteiger partial charge in [0.05, 0.1) is 5.69 Å². The fourth-order valence-corrected chi connectivity index (χ4v) is 1.39. The Morgan fingerprint density at radius 2 is 2.11 bits per heavy atom. The predicted molar refractivity (Wildman–Crippen MR) is 61.8 cm³/mol. The monoisotopic (exact) mass is 250 g/mol. The molecule has 0 spiro atoms. The third-order valence-electron chi connectivity index (χ3n) is 2.10. The van der Waals surface area contributed by atoms with Crippen molar-refractivity contribution in [3.8, 4) is 11.5 Å². The lowest BCUT2D eigenvalue weighted by Crippen LogP contribution is -2.24. The van der Waals surface area contributed by atoms with Crippen LogP contribution < -0.4 is 0 Å². The van der Waals surface area contributed by atoms with Crippen LogP contribution in [0.3, 0.4) is 0 Å². The molecule has 0 amide bonds. The molecular weight excluding hydrogens is 236 g/mol. The van der Waals surface area contributed by atoms with Crippen LogP contribution in [0, 0.1) is 6.92 Å². The molecule has 0 radical (unpaired) electrons. The van der Waals surface area contributed by atoms with E-state index < -0.39 is 11.6 Å². The molecule has 7 heteroatoms. The van der Waals surface area contributed by atoms with E-state index in [0.29, 0.717) is 17.1 Å². The molecule has 0 aliphatic rings. The molecule has 0 saturated carbocycles. The van der Waals surface area contributed by atoms with Crippen molar-refractivity contribution in [1.82, 2.24) is 20.4 Å². The minimum absolute atomic E-state index is 0.0878. The zero-order valence-corrected chi connectivity index (χ0v) is 10.6. The van der Waals surface area contributed by atoms with Crippen LogP contribution in [0.4, 0.5) is 0 Å². The lowest BCUT2D eigenvalue weighted by molar-refractivity contribution is 0.00635. The fourth-order valence-electron chi connectivity index (χ4n) is 1.39. The Kier molecular flexibility index (Phi) is 2.90. The number of carbonyl (C=O) groups excluding carboxylic acids is 1.